The monoisotopic (exact) mass is 235 g/mol. The number of nitrogens with one attached hydrogen (secondary N) is 1. The van der Waals surface area contributed by atoms with Crippen molar-refractivity contribution in [3.8, 4) is 6.07 Å². The summed E-state index contributed by atoms with van der Waals surface area (Å²) in [5, 5.41) is 13.0. The van der Waals surface area contributed by atoms with E-state index in [4.69, 9.17) is 0 Å². The Morgan fingerprint density at radius 2 is 2.18 bits per heavy atom. The largest absolute Gasteiger partial charge is 0.303 e. The van der Waals surface area contributed by atoms with Gasteiger partial charge < -0.3 is 4.90 Å². The molecule has 0 spiro atoms. The molecular weight excluding hydrogens is 210 g/mol. The summed E-state index contributed by atoms with van der Waals surface area (Å²) in [6.07, 6.45) is 8.26. The predicted molar refractivity (Wildman–Crippen MR) is 69.7 cm³/mol. The summed E-state index contributed by atoms with van der Waals surface area (Å²) in [5.74, 6) is 0. The number of hydrogen-bond acceptors (Lipinski definition) is 3. The molecule has 0 heterocycles. The lowest BCUT2D eigenvalue weighted by Crippen LogP contribution is -2.44. The van der Waals surface area contributed by atoms with Crippen LogP contribution in [0.2, 0.25) is 0 Å². The maximum Gasteiger partial charge on any atom is 0.108 e. The summed E-state index contributed by atoms with van der Waals surface area (Å²) in [4.78, 5) is 2.46. The van der Waals surface area contributed by atoms with E-state index in [0.29, 0.717) is 12.1 Å². The summed E-state index contributed by atoms with van der Waals surface area (Å²) in [6.45, 7) is 3.41. The molecule has 2 rings (SSSR count). The minimum atomic E-state index is -0.216. The number of unbranched alkanes of at least 4 members (excludes halogenated alkanes) is 1. The van der Waals surface area contributed by atoms with E-state index < -0.39 is 0 Å². The Hall–Kier alpha value is -0.590. The molecule has 0 radical (unpaired) electrons. The van der Waals surface area contributed by atoms with E-state index in [1.807, 2.05) is 0 Å². The quantitative estimate of drug-likeness (QED) is 0.767. The van der Waals surface area contributed by atoms with Crippen LogP contribution in [0.3, 0.4) is 0 Å². The third-order valence-electron chi connectivity index (χ3n) is 4.25. The maximum absolute atomic E-state index is 9.44. The number of rotatable bonds is 6. The van der Waals surface area contributed by atoms with Crippen molar-refractivity contribution in [2.45, 2.75) is 69.5 Å². The van der Waals surface area contributed by atoms with Crippen molar-refractivity contribution in [3.05, 3.63) is 0 Å². The average molecular weight is 235 g/mol. The summed E-state index contributed by atoms with van der Waals surface area (Å²) in [7, 11) is 2.21. The van der Waals surface area contributed by atoms with Crippen molar-refractivity contribution in [2.24, 2.45) is 0 Å². The summed E-state index contributed by atoms with van der Waals surface area (Å²) >= 11 is 0. The highest BCUT2D eigenvalue weighted by Crippen LogP contribution is 2.35. The topological polar surface area (TPSA) is 39.1 Å². The van der Waals surface area contributed by atoms with Gasteiger partial charge in [-0.2, -0.15) is 5.26 Å². The highest BCUT2D eigenvalue weighted by Gasteiger charge is 2.43. The number of nitrogens with zero attached hydrogens (tertiary/aromatic N) is 2. The Labute approximate surface area is 105 Å². The van der Waals surface area contributed by atoms with E-state index in [9.17, 15) is 5.26 Å². The molecule has 17 heavy (non-hydrogen) atoms. The zero-order valence-electron chi connectivity index (χ0n) is 11.2. The molecule has 0 aromatic heterocycles. The zero-order valence-corrected chi connectivity index (χ0v) is 11.2. The Morgan fingerprint density at radius 3 is 2.76 bits per heavy atom. The molecule has 1 N–H and O–H groups in total. The molecule has 2 aliphatic rings. The van der Waals surface area contributed by atoms with E-state index in [1.165, 1.54) is 38.6 Å². The third kappa shape index (κ3) is 3.20. The molecule has 0 amide bonds. The van der Waals surface area contributed by atoms with Gasteiger partial charge in [0.1, 0.15) is 5.54 Å². The van der Waals surface area contributed by atoms with Crippen LogP contribution in [0.5, 0.6) is 0 Å². The molecule has 96 valence electrons. The Morgan fingerprint density at radius 1 is 1.41 bits per heavy atom. The van der Waals surface area contributed by atoms with Crippen LogP contribution in [0.4, 0.5) is 0 Å². The van der Waals surface area contributed by atoms with Gasteiger partial charge in [0, 0.05) is 12.1 Å². The first-order chi connectivity index (χ1) is 8.19. The molecule has 0 saturated heterocycles. The fourth-order valence-electron chi connectivity index (χ4n) is 2.87. The minimum Gasteiger partial charge on any atom is -0.303 e. The van der Waals surface area contributed by atoms with Crippen molar-refractivity contribution in [2.75, 3.05) is 13.6 Å². The van der Waals surface area contributed by atoms with Crippen LogP contribution in [0.1, 0.15) is 51.9 Å². The van der Waals surface area contributed by atoms with Crippen molar-refractivity contribution in [3.63, 3.8) is 0 Å². The van der Waals surface area contributed by atoms with Gasteiger partial charge in [0.25, 0.3) is 0 Å². The van der Waals surface area contributed by atoms with E-state index in [1.54, 1.807) is 0 Å². The van der Waals surface area contributed by atoms with Crippen LogP contribution >= 0.6 is 0 Å². The molecule has 2 fully saturated rings. The smallest absolute Gasteiger partial charge is 0.108 e. The Kier molecular flexibility index (Phi) is 4.06. The van der Waals surface area contributed by atoms with Crippen LogP contribution in [0.25, 0.3) is 0 Å². The van der Waals surface area contributed by atoms with Gasteiger partial charge >= 0.3 is 0 Å². The van der Waals surface area contributed by atoms with Crippen molar-refractivity contribution < 1.29 is 0 Å². The summed E-state index contributed by atoms with van der Waals surface area (Å²) in [5.41, 5.74) is -0.216. The first kappa shape index (κ1) is 12.9. The third-order valence-corrected chi connectivity index (χ3v) is 4.25. The van der Waals surface area contributed by atoms with Gasteiger partial charge in [0.15, 0.2) is 0 Å². The van der Waals surface area contributed by atoms with E-state index >= 15 is 0 Å². The highest BCUT2D eigenvalue weighted by atomic mass is 15.2. The number of hydrogen-bond donors (Lipinski definition) is 1. The average Bonchev–Trinajstić information content (AvgIpc) is 3.04. The molecular formula is C14H25N3. The van der Waals surface area contributed by atoms with Gasteiger partial charge in [0.2, 0.25) is 0 Å². The summed E-state index contributed by atoms with van der Waals surface area (Å²) in [6, 6.07) is 3.79. The second-order valence-electron chi connectivity index (χ2n) is 5.84. The molecule has 2 saturated carbocycles. The van der Waals surface area contributed by atoms with Crippen LogP contribution in [-0.4, -0.2) is 36.1 Å². The molecule has 0 aromatic carbocycles. The Balaban J connectivity index is 1.85. The lowest BCUT2D eigenvalue weighted by Gasteiger charge is -2.27. The Bertz CT molecular complexity index is 292. The zero-order chi connectivity index (χ0) is 12.3. The number of nitriles is 1. The molecule has 2 atom stereocenters. The fourth-order valence-corrected chi connectivity index (χ4v) is 2.87. The summed E-state index contributed by atoms with van der Waals surface area (Å²) < 4.78 is 0. The first-order valence-electron chi connectivity index (χ1n) is 7.08. The molecule has 3 nitrogen and oxygen atoms in total. The second kappa shape index (κ2) is 5.37. The fraction of sp³-hybridized carbons (Fsp3) is 0.929. The van der Waals surface area contributed by atoms with Crippen LogP contribution < -0.4 is 5.32 Å². The minimum absolute atomic E-state index is 0.216. The van der Waals surface area contributed by atoms with Gasteiger partial charge in [-0.15, -0.1) is 0 Å². The molecule has 2 aliphatic carbocycles. The molecule has 0 aliphatic heterocycles. The van der Waals surface area contributed by atoms with Gasteiger partial charge in [-0.3, -0.25) is 5.32 Å². The molecule has 0 aromatic rings. The molecule has 0 bridgehead atoms. The lowest BCUT2D eigenvalue weighted by molar-refractivity contribution is 0.232. The van der Waals surface area contributed by atoms with Crippen LogP contribution in [0.15, 0.2) is 0 Å². The van der Waals surface area contributed by atoms with E-state index in [0.717, 1.165) is 12.8 Å². The van der Waals surface area contributed by atoms with Crippen molar-refractivity contribution >= 4 is 0 Å². The van der Waals surface area contributed by atoms with Crippen molar-refractivity contribution in [1.82, 2.24) is 10.2 Å². The normalized spacial score (nSPS) is 32.9. The van der Waals surface area contributed by atoms with E-state index in [-0.39, 0.29) is 5.54 Å². The second-order valence-corrected chi connectivity index (χ2v) is 5.84. The van der Waals surface area contributed by atoms with Gasteiger partial charge in [-0.25, -0.2) is 0 Å². The first-order valence-corrected chi connectivity index (χ1v) is 7.08. The standard InChI is InChI=1S/C14H25N3/c1-3-4-9-17(2)13-7-8-14(10-13,11-15)16-12-5-6-12/h12-13,16H,3-10H2,1-2H3. The predicted octanol–water partition coefficient (Wildman–Crippen LogP) is 2.29. The van der Waals surface area contributed by atoms with Crippen molar-refractivity contribution in [1.29, 1.82) is 5.26 Å². The molecule has 3 heteroatoms. The van der Waals surface area contributed by atoms with Gasteiger partial charge in [-0.05, 0) is 52.1 Å². The van der Waals surface area contributed by atoms with Crippen LogP contribution in [-0.2, 0) is 0 Å². The van der Waals surface area contributed by atoms with E-state index in [2.05, 4.69) is 30.3 Å². The SMILES string of the molecule is CCCCN(C)C1CCC(C#N)(NC2CC2)C1. The lowest BCUT2D eigenvalue weighted by atomic mass is 9.99. The van der Waals surface area contributed by atoms with Gasteiger partial charge in [-0.1, -0.05) is 13.3 Å². The highest BCUT2D eigenvalue weighted by molar-refractivity contribution is 5.15. The maximum atomic E-state index is 9.44. The van der Waals surface area contributed by atoms with Crippen LogP contribution in [0, 0.1) is 11.3 Å². The van der Waals surface area contributed by atoms with Gasteiger partial charge in [0.05, 0.1) is 6.07 Å². The molecule has 2 unspecified atom stereocenters.